The summed E-state index contributed by atoms with van der Waals surface area (Å²) in [5, 5.41) is 28.5. The summed E-state index contributed by atoms with van der Waals surface area (Å²) in [4.78, 5) is 13.8. The van der Waals surface area contributed by atoms with E-state index in [-0.39, 0.29) is 29.0 Å². The van der Waals surface area contributed by atoms with Crippen LogP contribution in [0.3, 0.4) is 0 Å². The van der Waals surface area contributed by atoms with E-state index in [0.717, 1.165) is 48.3 Å². The van der Waals surface area contributed by atoms with Gasteiger partial charge in [0.05, 0.1) is 17.9 Å². The van der Waals surface area contributed by atoms with Crippen LogP contribution in [0, 0.1) is 40.4 Å². The number of benzene rings is 1. The molecule has 7 nitrogen and oxygen atoms in total. The van der Waals surface area contributed by atoms with Gasteiger partial charge in [-0.2, -0.15) is 5.10 Å². The van der Waals surface area contributed by atoms with E-state index in [1.807, 2.05) is 30.3 Å². The first kappa shape index (κ1) is 29.6. The molecule has 1 aromatic carbocycles. The molecule has 0 amide bonds. The number of carbonyl (C=O) groups is 1. The summed E-state index contributed by atoms with van der Waals surface area (Å²) in [5.74, 6) is 1.62. The van der Waals surface area contributed by atoms with E-state index in [9.17, 15) is 15.0 Å². The van der Waals surface area contributed by atoms with Gasteiger partial charge in [-0.3, -0.25) is 9.48 Å². The van der Waals surface area contributed by atoms with Crippen LogP contribution in [0.15, 0.2) is 42.1 Å². The first-order valence-electron chi connectivity index (χ1n) is 16.7. The van der Waals surface area contributed by atoms with Gasteiger partial charge < -0.3 is 19.7 Å². The average Bonchev–Trinajstić information content (AvgIpc) is 3.78. The normalized spacial score (nSPS) is 43.9. The average molecular weight is 666 g/mol. The number of hydrogen-bond acceptors (Lipinski definition) is 6. The molecule has 8 heteroatoms. The van der Waals surface area contributed by atoms with E-state index in [1.54, 1.807) is 0 Å². The molecule has 3 unspecified atom stereocenters. The number of rotatable bonds is 6. The van der Waals surface area contributed by atoms with E-state index in [1.165, 1.54) is 30.4 Å². The second kappa shape index (κ2) is 10.6. The number of aliphatic hydroxyl groups excluding tert-OH is 2. The molecule has 5 fully saturated rings. The van der Waals surface area contributed by atoms with Crippen molar-refractivity contribution in [2.75, 3.05) is 11.9 Å². The highest BCUT2D eigenvalue weighted by Gasteiger charge is 2.76. The molecule has 0 bridgehead atoms. The molecule has 8 rings (SSSR count). The molecule has 11 atom stereocenters. The minimum absolute atomic E-state index is 0.0802. The van der Waals surface area contributed by atoms with E-state index in [2.05, 4.69) is 46.7 Å². The van der Waals surface area contributed by atoms with Crippen molar-refractivity contribution >= 4 is 27.8 Å². The van der Waals surface area contributed by atoms with Gasteiger partial charge in [0.25, 0.3) is 0 Å². The maximum absolute atomic E-state index is 13.8. The summed E-state index contributed by atoms with van der Waals surface area (Å²) >= 11 is 3.68. The third kappa shape index (κ3) is 4.13. The Morgan fingerprint density at radius 3 is 2.68 bits per heavy atom. The predicted molar refractivity (Wildman–Crippen MR) is 170 cm³/mol. The third-order valence-corrected chi connectivity index (χ3v) is 14.0. The van der Waals surface area contributed by atoms with Gasteiger partial charge in [-0.1, -0.05) is 65.7 Å². The zero-order chi connectivity index (χ0) is 30.4. The molecule has 1 aromatic heterocycles. The number of carbonyl (C=O) groups excluding carboxylic acids is 1. The number of allylic oxidation sites excluding steroid dienone is 1. The summed E-state index contributed by atoms with van der Waals surface area (Å²) < 4.78 is 15.4. The molecular weight excluding hydrogens is 620 g/mol. The molecule has 4 saturated carbocycles. The van der Waals surface area contributed by atoms with Crippen LogP contribution in [0.25, 0.3) is 6.08 Å². The van der Waals surface area contributed by atoms with Crippen molar-refractivity contribution in [2.45, 2.75) is 95.9 Å². The number of halogens is 1. The van der Waals surface area contributed by atoms with Crippen LogP contribution in [0.1, 0.15) is 81.9 Å². The molecule has 44 heavy (non-hydrogen) atoms. The Hall–Kier alpha value is -1.84. The number of ether oxygens (including phenoxy) is 2. The van der Waals surface area contributed by atoms with Gasteiger partial charge >= 0.3 is 0 Å². The van der Waals surface area contributed by atoms with Crippen molar-refractivity contribution < 1.29 is 24.5 Å². The maximum Gasteiger partial charge on any atom is 0.193 e. The number of nitrogens with zero attached hydrogens (tertiary/aromatic N) is 2. The van der Waals surface area contributed by atoms with Crippen LogP contribution < -0.4 is 0 Å². The molecule has 1 aliphatic heterocycles. The molecule has 2 aromatic rings. The fourth-order valence-corrected chi connectivity index (χ4v) is 11.8. The van der Waals surface area contributed by atoms with Gasteiger partial charge in [-0.05, 0) is 98.0 Å². The van der Waals surface area contributed by atoms with E-state index >= 15 is 0 Å². The number of fused-ring (bicyclic) bond motifs is 8. The van der Waals surface area contributed by atoms with E-state index in [0.29, 0.717) is 18.8 Å². The third-order valence-electron chi connectivity index (χ3n) is 13.1. The number of alkyl halides is 1. The lowest BCUT2D eigenvalue weighted by molar-refractivity contribution is -0.203. The minimum atomic E-state index is -1.27. The number of aromatic nitrogens is 2. The first-order valence-corrected chi connectivity index (χ1v) is 17.9. The highest BCUT2D eigenvalue weighted by molar-refractivity contribution is 9.09. The summed E-state index contributed by atoms with van der Waals surface area (Å²) in [7, 11) is 0. The topological polar surface area (TPSA) is 93.8 Å². The Morgan fingerprint density at radius 1 is 1.14 bits per heavy atom. The SMILES string of the molecule is C[C@]12Cc3cn(CC4CCC(CBr)C4)nc3C=C1CC[C@@H]1[C@@H]2[C@@H](O)C[C@@]2(C)[C@H]1C[C@H]1OC(c3ccccc3)O[C@]12C(=O)CO. The van der Waals surface area contributed by atoms with Gasteiger partial charge in [0.1, 0.15) is 6.61 Å². The lowest BCUT2D eigenvalue weighted by atomic mass is 9.45. The Kier molecular flexibility index (Phi) is 7.12. The zero-order valence-electron chi connectivity index (χ0n) is 25.8. The summed E-state index contributed by atoms with van der Waals surface area (Å²) in [6.45, 7) is 4.88. The van der Waals surface area contributed by atoms with Crippen LogP contribution in [-0.4, -0.2) is 55.5 Å². The molecule has 0 spiro atoms. The Labute approximate surface area is 268 Å². The molecule has 2 N–H and O–H groups in total. The quantitative estimate of drug-likeness (QED) is 0.375. The first-order chi connectivity index (χ1) is 21.2. The van der Waals surface area contributed by atoms with Gasteiger partial charge in [0, 0.05) is 29.1 Å². The molecule has 0 radical (unpaired) electrons. The van der Waals surface area contributed by atoms with Crippen molar-refractivity contribution in [1.82, 2.24) is 9.78 Å². The van der Waals surface area contributed by atoms with Crippen molar-refractivity contribution in [3.63, 3.8) is 0 Å². The zero-order valence-corrected chi connectivity index (χ0v) is 27.4. The van der Waals surface area contributed by atoms with Crippen LogP contribution in [0.2, 0.25) is 0 Å². The summed E-state index contributed by atoms with van der Waals surface area (Å²) in [6, 6.07) is 9.75. The smallest absolute Gasteiger partial charge is 0.193 e. The van der Waals surface area contributed by atoms with Gasteiger partial charge in [-0.15, -0.1) is 0 Å². The maximum atomic E-state index is 13.8. The number of hydrogen-bond donors (Lipinski definition) is 2. The van der Waals surface area contributed by atoms with Crippen LogP contribution in [0.5, 0.6) is 0 Å². The van der Waals surface area contributed by atoms with Crippen LogP contribution >= 0.6 is 15.9 Å². The number of aliphatic hydroxyl groups is 2. The Morgan fingerprint density at radius 2 is 1.93 bits per heavy atom. The predicted octanol–water partition coefficient (Wildman–Crippen LogP) is 5.87. The molecule has 1 saturated heterocycles. The highest BCUT2D eigenvalue weighted by Crippen LogP contribution is 2.70. The largest absolute Gasteiger partial charge is 0.393 e. The minimum Gasteiger partial charge on any atom is -0.393 e. The number of Topliss-reactive ketones (excluding diaryl/α,β-unsaturated/α-hetero) is 1. The van der Waals surface area contributed by atoms with Crippen LogP contribution in [-0.2, 0) is 27.2 Å². The standard InChI is InChI=1S/C36H45BrN2O5/c1-34-15-24-19-39(18-22-9-8-21(12-22)17-37)38-28(24)13-25(34)10-11-26-27-14-31-36(30(42)20-40,35(27,2)16-29(41)32(26)34)44-33(43-31)23-6-4-3-5-7-23/h3-7,13,19,21-22,26-27,29,31-33,40-41H,8-12,14-18,20H2,1-2H3/t21?,22?,26-,27-,29-,31+,32+,33?,34-,35-,36+/m0/s1. The molecular formula is C36H45BrN2O5. The second-order valence-corrected chi connectivity index (χ2v) is 15.9. The van der Waals surface area contributed by atoms with Crippen molar-refractivity contribution in [3.05, 3.63) is 58.9 Å². The fraction of sp³-hybridized carbons (Fsp3) is 0.667. The molecule has 5 aliphatic carbocycles. The van der Waals surface area contributed by atoms with Gasteiger partial charge in [0.2, 0.25) is 0 Å². The summed E-state index contributed by atoms with van der Waals surface area (Å²) in [6.07, 6.45) is 10.7. The van der Waals surface area contributed by atoms with Crippen molar-refractivity contribution in [1.29, 1.82) is 0 Å². The van der Waals surface area contributed by atoms with Crippen molar-refractivity contribution in [3.8, 4) is 0 Å². The lowest BCUT2D eigenvalue weighted by Gasteiger charge is -2.60. The molecule has 2 heterocycles. The molecule has 6 aliphatic rings. The van der Waals surface area contributed by atoms with Crippen molar-refractivity contribution in [2.24, 2.45) is 40.4 Å². The lowest BCUT2D eigenvalue weighted by Crippen LogP contribution is -2.63. The summed E-state index contributed by atoms with van der Waals surface area (Å²) in [5.41, 5.74) is 2.60. The van der Waals surface area contributed by atoms with E-state index < -0.39 is 36.1 Å². The van der Waals surface area contributed by atoms with Gasteiger partial charge in [0.15, 0.2) is 17.7 Å². The van der Waals surface area contributed by atoms with Crippen LogP contribution in [0.4, 0.5) is 0 Å². The highest BCUT2D eigenvalue weighted by atomic mass is 79.9. The number of ketones is 1. The molecule has 236 valence electrons. The second-order valence-electron chi connectivity index (χ2n) is 15.3. The monoisotopic (exact) mass is 664 g/mol. The van der Waals surface area contributed by atoms with Gasteiger partial charge in [-0.25, -0.2) is 0 Å². The Bertz CT molecular complexity index is 1480. The van der Waals surface area contributed by atoms with E-state index in [4.69, 9.17) is 14.6 Å². The Balaban J connectivity index is 1.08. The fourth-order valence-electron chi connectivity index (χ4n) is 11.2.